The molecule has 0 aromatic heterocycles. The summed E-state index contributed by atoms with van der Waals surface area (Å²) in [5.41, 5.74) is 0. The summed E-state index contributed by atoms with van der Waals surface area (Å²) in [6.07, 6.45) is -0.221. The van der Waals surface area contributed by atoms with E-state index in [-0.39, 0.29) is 12.5 Å². The maximum absolute atomic E-state index is 9.09. The molecule has 0 fully saturated rings. The van der Waals surface area contributed by atoms with Crippen molar-refractivity contribution < 1.29 is 10.2 Å². The number of hydrogen-bond acceptors (Lipinski definition) is 2. The highest BCUT2D eigenvalue weighted by molar-refractivity contribution is 5.06. The topological polar surface area (TPSA) is 40.5 Å². The van der Waals surface area contributed by atoms with Gasteiger partial charge in [-0.15, -0.1) is 5.92 Å². The van der Waals surface area contributed by atoms with Crippen molar-refractivity contribution in [3.63, 3.8) is 0 Å². The SMILES string of the molecule is [CH2]CC#CC(O)C(C)CO. The molecule has 1 radical (unpaired) electrons. The van der Waals surface area contributed by atoms with E-state index in [1.54, 1.807) is 6.92 Å². The second kappa shape index (κ2) is 5.28. The standard InChI is InChI=1S/C8H13O2/c1-3-4-5-8(10)7(2)6-9/h7-10H,1,3,6H2,2H3. The van der Waals surface area contributed by atoms with Crippen molar-refractivity contribution in [3.05, 3.63) is 6.92 Å². The molecule has 0 amide bonds. The largest absolute Gasteiger partial charge is 0.396 e. The zero-order valence-corrected chi connectivity index (χ0v) is 6.17. The average molecular weight is 141 g/mol. The lowest BCUT2D eigenvalue weighted by molar-refractivity contribution is 0.118. The van der Waals surface area contributed by atoms with Crippen LogP contribution in [0.2, 0.25) is 0 Å². The van der Waals surface area contributed by atoms with Crippen molar-refractivity contribution in [2.24, 2.45) is 5.92 Å². The Morgan fingerprint density at radius 2 is 2.20 bits per heavy atom. The van der Waals surface area contributed by atoms with Gasteiger partial charge in [-0.3, -0.25) is 0 Å². The van der Waals surface area contributed by atoms with Crippen LogP contribution in [0.5, 0.6) is 0 Å². The summed E-state index contributed by atoms with van der Waals surface area (Å²) in [7, 11) is 0. The van der Waals surface area contributed by atoms with Crippen molar-refractivity contribution in [2.45, 2.75) is 19.4 Å². The number of hydrogen-bond donors (Lipinski definition) is 2. The molecule has 0 aliphatic carbocycles. The molecule has 0 aromatic carbocycles. The van der Waals surface area contributed by atoms with Crippen molar-refractivity contribution >= 4 is 0 Å². The van der Waals surface area contributed by atoms with Crippen molar-refractivity contribution in [2.75, 3.05) is 6.61 Å². The lowest BCUT2D eigenvalue weighted by Crippen LogP contribution is -2.18. The van der Waals surface area contributed by atoms with Crippen LogP contribution >= 0.6 is 0 Å². The Kier molecular flexibility index (Phi) is 5.00. The van der Waals surface area contributed by atoms with Gasteiger partial charge in [0.05, 0.1) is 0 Å². The van der Waals surface area contributed by atoms with Gasteiger partial charge in [0.1, 0.15) is 6.10 Å². The quantitative estimate of drug-likeness (QED) is 0.539. The van der Waals surface area contributed by atoms with Crippen molar-refractivity contribution in [1.82, 2.24) is 0 Å². The zero-order chi connectivity index (χ0) is 7.98. The number of aliphatic hydroxyl groups is 2. The third-order valence-corrected chi connectivity index (χ3v) is 1.20. The molecule has 2 N–H and O–H groups in total. The highest BCUT2D eigenvalue weighted by atomic mass is 16.3. The summed E-state index contributed by atoms with van der Waals surface area (Å²) >= 11 is 0. The minimum absolute atomic E-state index is 0.0347. The lowest BCUT2D eigenvalue weighted by Gasteiger charge is -2.08. The van der Waals surface area contributed by atoms with E-state index >= 15 is 0 Å². The molecule has 0 spiro atoms. The summed E-state index contributed by atoms with van der Waals surface area (Å²) < 4.78 is 0. The molecule has 0 heterocycles. The Balaban J connectivity index is 3.71. The normalized spacial score (nSPS) is 15.2. The van der Waals surface area contributed by atoms with E-state index in [0.29, 0.717) is 6.42 Å². The van der Waals surface area contributed by atoms with Crippen LogP contribution in [0.3, 0.4) is 0 Å². The summed E-state index contributed by atoms with van der Waals surface area (Å²) in [6.45, 7) is 5.20. The summed E-state index contributed by atoms with van der Waals surface area (Å²) in [6, 6.07) is 0. The van der Waals surface area contributed by atoms with E-state index in [4.69, 9.17) is 10.2 Å². The second-order valence-electron chi connectivity index (χ2n) is 2.18. The van der Waals surface area contributed by atoms with Gasteiger partial charge in [0.15, 0.2) is 0 Å². The first-order valence-corrected chi connectivity index (χ1v) is 3.29. The van der Waals surface area contributed by atoms with Gasteiger partial charge in [0.2, 0.25) is 0 Å². The first-order chi connectivity index (χ1) is 4.72. The number of rotatable bonds is 2. The predicted octanol–water partition coefficient (Wildman–Crippen LogP) is 0.203. The van der Waals surface area contributed by atoms with Crippen LogP contribution in [0.25, 0.3) is 0 Å². The molecule has 0 aliphatic rings. The van der Waals surface area contributed by atoms with Gasteiger partial charge >= 0.3 is 0 Å². The predicted molar refractivity (Wildman–Crippen MR) is 40.0 cm³/mol. The maximum atomic E-state index is 9.09. The van der Waals surface area contributed by atoms with Crippen LogP contribution in [0.15, 0.2) is 0 Å². The van der Waals surface area contributed by atoms with Crippen molar-refractivity contribution in [3.8, 4) is 11.8 Å². The van der Waals surface area contributed by atoms with Gasteiger partial charge in [-0.1, -0.05) is 12.8 Å². The van der Waals surface area contributed by atoms with Gasteiger partial charge in [-0.2, -0.15) is 0 Å². The second-order valence-corrected chi connectivity index (χ2v) is 2.18. The maximum Gasteiger partial charge on any atom is 0.119 e. The molecule has 0 bridgehead atoms. The van der Waals surface area contributed by atoms with Crippen LogP contribution in [-0.2, 0) is 0 Å². The molecular weight excluding hydrogens is 128 g/mol. The third-order valence-electron chi connectivity index (χ3n) is 1.20. The number of aliphatic hydroxyl groups excluding tert-OH is 2. The molecule has 0 rings (SSSR count). The molecule has 0 saturated carbocycles. The Bertz CT molecular complexity index is 132. The molecule has 2 atom stereocenters. The molecule has 2 unspecified atom stereocenters. The third kappa shape index (κ3) is 3.49. The van der Waals surface area contributed by atoms with Crippen molar-refractivity contribution in [1.29, 1.82) is 0 Å². The Labute approximate surface area is 61.9 Å². The fourth-order valence-corrected chi connectivity index (χ4v) is 0.419. The molecule has 2 heteroatoms. The Morgan fingerprint density at radius 3 is 2.60 bits per heavy atom. The molecular formula is C8H13O2. The first kappa shape index (κ1) is 9.48. The van der Waals surface area contributed by atoms with Crippen LogP contribution in [0.4, 0.5) is 0 Å². The molecule has 0 aromatic rings. The van der Waals surface area contributed by atoms with E-state index in [1.165, 1.54) is 0 Å². The smallest absolute Gasteiger partial charge is 0.119 e. The molecule has 57 valence electrons. The minimum atomic E-state index is -0.716. The average Bonchev–Trinajstić information content (AvgIpc) is 1.98. The van der Waals surface area contributed by atoms with E-state index in [1.807, 2.05) is 0 Å². The fraction of sp³-hybridized carbons (Fsp3) is 0.625. The highest BCUT2D eigenvalue weighted by Gasteiger charge is 2.08. The molecule has 10 heavy (non-hydrogen) atoms. The summed E-state index contributed by atoms with van der Waals surface area (Å²) in [5.74, 6) is 5.04. The van der Waals surface area contributed by atoms with Crippen LogP contribution in [0.1, 0.15) is 13.3 Å². The monoisotopic (exact) mass is 141 g/mol. The van der Waals surface area contributed by atoms with Gasteiger partial charge in [-0.25, -0.2) is 0 Å². The molecule has 0 aliphatic heterocycles. The summed E-state index contributed by atoms with van der Waals surface area (Å²) in [4.78, 5) is 0. The van der Waals surface area contributed by atoms with E-state index in [0.717, 1.165) is 0 Å². The van der Waals surface area contributed by atoms with E-state index < -0.39 is 6.10 Å². The zero-order valence-electron chi connectivity index (χ0n) is 6.17. The van der Waals surface area contributed by atoms with Gasteiger partial charge in [0.25, 0.3) is 0 Å². The minimum Gasteiger partial charge on any atom is -0.396 e. The van der Waals surface area contributed by atoms with E-state index in [9.17, 15) is 0 Å². The van der Waals surface area contributed by atoms with Gasteiger partial charge < -0.3 is 10.2 Å². The lowest BCUT2D eigenvalue weighted by atomic mass is 10.1. The van der Waals surface area contributed by atoms with Crippen LogP contribution in [-0.4, -0.2) is 22.9 Å². The van der Waals surface area contributed by atoms with Crippen LogP contribution in [0, 0.1) is 24.7 Å². The fourth-order valence-electron chi connectivity index (χ4n) is 0.419. The van der Waals surface area contributed by atoms with Gasteiger partial charge in [0, 0.05) is 18.9 Å². The molecule has 0 saturated heterocycles. The van der Waals surface area contributed by atoms with Crippen LogP contribution < -0.4 is 0 Å². The summed E-state index contributed by atoms with van der Waals surface area (Å²) in [5, 5.41) is 17.6. The Hall–Kier alpha value is -0.520. The highest BCUT2D eigenvalue weighted by Crippen LogP contribution is 1.99. The van der Waals surface area contributed by atoms with Gasteiger partial charge in [-0.05, 0) is 6.92 Å². The van der Waals surface area contributed by atoms with E-state index in [2.05, 4.69) is 18.8 Å². The molecule has 2 nitrogen and oxygen atoms in total. The Morgan fingerprint density at radius 1 is 1.60 bits per heavy atom. The first-order valence-electron chi connectivity index (χ1n) is 3.29.